The second-order valence-electron chi connectivity index (χ2n) is 5.67. The van der Waals surface area contributed by atoms with Crippen molar-refractivity contribution in [1.82, 2.24) is 10.3 Å². The highest BCUT2D eigenvalue weighted by atomic mass is 16.5. The van der Waals surface area contributed by atoms with Gasteiger partial charge in [0.25, 0.3) is 0 Å². The summed E-state index contributed by atoms with van der Waals surface area (Å²) in [6.07, 6.45) is 1.80. The van der Waals surface area contributed by atoms with E-state index in [9.17, 15) is 0 Å². The molecule has 1 N–H and O–H groups in total. The van der Waals surface area contributed by atoms with Crippen LogP contribution in [0.25, 0.3) is 0 Å². The molecule has 4 nitrogen and oxygen atoms in total. The fraction of sp³-hybridized carbons (Fsp3) is 0.625. The number of pyridine rings is 1. The summed E-state index contributed by atoms with van der Waals surface area (Å²) in [6.45, 7) is 10.2. The first-order chi connectivity index (χ1) is 9.48. The Balaban J connectivity index is 2.62. The summed E-state index contributed by atoms with van der Waals surface area (Å²) in [5, 5.41) is 12.3. The van der Waals surface area contributed by atoms with Gasteiger partial charge in [0, 0.05) is 12.2 Å². The third-order valence-corrected chi connectivity index (χ3v) is 3.08. The maximum atomic E-state index is 9.00. The molecule has 4 heteroatoms. The van der Waals surface area contributed by atoms with Gasteiger partial charge >= 0.3 is 0 Å². The zero-order chi connectivity index (χ0) is 15.0. The topological polar surface area (TPSA) is 57.9 Å². The minimum absolute atomic E-state index is 0.348. The molecule has 0 radical (unpaired) electrons. The Hall–Kier alpha value is -1.60. The van der Waals surface area contributed by atoms with E-state index in [1.54, 1.807) is 0 Å². The number of ether oxygens (including phenoxy) is 1. The molecule has 1 heterocycles. The summed E-state index contributed by atoms with van der Waals surface area (Å²) in [7, 11) is 0. The molecule has 20 heavy (non-hydrogen) atoms. The first kappa shape index (κ1) is 16.5. The Morgan fingerprint density at radius 1 is 1.40 bits per heavy atom. The van der Waals surface area contributed by atoms with E-state index >= 15 is 0 Å². The van der Waals surface area contributed by atoms with Gasteiger partial charge in [0.1, 0.15) is 5.75 Å². The standard InChI is InChI=1S/C16H25N3O/c1-5-9-18-11-14-15(7-6-13(2)19-14)20-10-8-16(3,4)12-17/h6-7,18H,5,8-11H2,1-4H3. The maximum Gasteiger partial charge on any atom is 0.142 e. The molecule has 1 aromatic heterocycles. The van der Waals surface area contributed by atoms with Gasteiger partial charge < -0.3 is 10.1 Å². The molecule has 1 rings (SSSR count). The van der Waals surface area contributed by atoms with Crippen LogP contribution < -0.4 is 10.1 Å². The number of nitriles is 1. The van der Waals surface area contributed by atoms with Gasteiger partial charge in [-0.3, -0.25) is 4.98 Å². The van der Waals surface area contributed by atoms with Crippen molar-refractivity contribution in [2.24, 2.45) is 5.41 Å². The van der Waals surface area contributed by atoms with Crippen LogP contribution in [0.4, 0.5) is 0 Å². The average Bonchev–Trinajstić information content (AvgIpc) is 2.41. The molecule has 110 valence electrons. The minimum atomic E-state index is -0.348. The van der Waals surface area contributed by atoms with Crippen molar-refractivity contribution in [2.75, 3.05) is 13.2 Å². The number of aromatic nitrogens is 1. The van der Waals surface area contributed by atoms with Gasteiger partial charge in [-0.25, -0.2) is 0 Å². The number of nitrogens with zero attached hydrogens (tertiary/aromatic N) is 2. The molecule has 0 saturated heterocycles. The molecule has 0 aliphatic rings. The number of hydrogen-bond donors (Lipinski definition) is 1. The molecule has 0 aromatic carbocycles. The summed E-state index contributed by atoms with van der Waals surface area (Å²) in [5.74, 6) is 0.813. The predicted octanol–water partition coefficient (Wildman–Crippen LogP) is 3.21. The average molecular weight is 275 g/mol. The van der Waals surface area contributed by atoms with Gasteiger partial charge in [-0.2, -0.15) is 5.26 Å². The molecule has 0 fully saturated rings. The molecule has 0 spiro atoms. The molecular formula is C16H25N3O. The van der Waals surface area contributed by atoms with E-state index in [1.165, 1.54) is 0 Å². The van der Waals surface area contributed by atoms with Gasteiger partial charge in [-0.1, -0.05) is 6.92 Å². The van der Waals surface area contributed by atoms with Gasteiger partial charge in [-0.15, -0.1) is 0 Å². The van der Waals surface area contributed by atoms with Crippen molar-refractivity contribution in [3.05, 3.63) is 23.5 Å². The van der Waals surface area contributed by atoms with Crippen molar-refractivity contribution in [3.8, 4) is 11.8 Å². The third kappa shape index (κ3) is 5.58. The van der Waals surface area contributed by atoms with Crippen LogP contribution in [0.3, 0.4) is 0 Å². The van der Waals surface area contributed by atoms with Gasteiger partial charge in [-0.05, 0) is 52.3 Å². The highest BCUT2D eigenvalue weighted by Gasteiger charge is 2.17. The lowest BCUT2D eigenvalue weighted by atomic mass is 9.92. The van der Waals surface area contributed by atoms with E-state index in [0.29, 0.717) is 19.6 Å². The van der Waals surface area contributed by atoms with Crippen molar-refractivity contribution in [2.45, 2.75) is 47.1 Å². The molecule has 0 aliphatic carbocycles. The monoisotopic (exact) mass is 275 g/mol. The van der Waals surface area contributed by atoms with Gasteiger partial charge in [0.05, 0.1) is 23.8 Å². The summed E-state index contributed by atoms with van der Waals surface area (Å²) < 4.78 is 5.81. The van der Waals surface area contributed by atoms with E-state index in [4.69, 9.17) is 10.00 Å². The first-order valence-electron chi connectivity index (χ1n) is 7.20. The van der Waals surface area contributed by atoms with Crippen LogP contribution in [-0.4, -0.2) is 18.1 Å². The summed E-state index contributed by atoms with van der Waals surface area (Å²) in [4.78, 5) is 4.53. The van der Waals surface area contributed by atoms with Crippen molar-refractivity contribution >= 4 is 0 Å². The maximum absolute atomic E-state index is 9.00. The molecular weight excluding hydrogens is 250 g/mol. The fourth-order valence-corrected chi connectivity index (χ4v) is 1.71. The van der Waals surface area contributed by atoms with Crippen molar-refractivity contribution in [1.29, 1.82) is 5.26 Å². The number of hydrogen-bond acceptors (Lipinski definition) is 4. The largest absolute Gasteiger partial charge is 0.492 e. The van der Waals surface area contributed by atoms with Crippen molar-refractivity contribution in [3.63, 3.8) is 0 Å². The number of rotatable bonds is 8. The Bertz CT molecular complexity index is 463. The fourth-order valence-electron chi connectivity index (χ4n) is 1.71. The Kier molecular flexibility index (Phi) is 6.47. The lowest BCUT2D eigenvalue weighted by molar-refractivity contribution is 0.260. The molecule has 1 aromatic rings. The molecule has 0 atom stereocenters. The number of nitrogens with one attached hydrogen (secondary N) is 1. The summed E-state index contributed by atoms with van der Waals surface area (Å²) in [5.41, 5.74) is 1.58. The Morgan fingerprint density at radius 2 is 2.15 bits per heavy atom. The van der Waals surface area contributed by atoms with Crippen LogP contribution in [0.1, 0.15) is 45.0 Å². The van der Waals surface area contributed by atoms with Crippen LogP contribution in [0.5, 0.6) is 5.75 Å². The molecule has 0 aliphatic heterocycles. The molecule has 0 amide bonds. The highest BCUT2D eigenvalue weighted by Crippen LogP contribution is 2.21. The third-order valence-electron chi connectivity index (χ3n) is 3.08. The minimum Gasteiger partial charge on any atom is -0.492 e. The quantitative estimate of drug-likeness (QED) is 0.740. The summed E-state index contributed by atoms with van der Waals surface area (Å²) >= 11 is 0. The van der Waals surface area contributed by atoms with Crippen LogP contribution >= 0.6 is 0 Å². The zero-order valence-corrected chi connectivity index (χ0v) is 13.0. The lowest BCUT2D eigenvalue weighted by Gasteiger charge is -2.17. The predicted molar refractivity (Wildman–Crippen MR) is 80.5 cm³/mol. The Labute approximate surface area is 122 Å². The lowest BCUT2D eigenvalue weighted by Crippen LogP contribution is -2.17. The molecule has 0 unspecified atom stereocenters. The summed E-state index contributed by atoms with van der Waals surface area (Å²) in [6, 6.07) is 6.20. The van der Waals surface area contributed by atoms with E-state index in [1.807, 2.05) is 32.9 Å². The Morgan fingerprint density at radius 3 is 2.80 bits per heavy atom. The smallest absolute Gasteiger partial charge is 0.142 e. The molecule has 0 bridgehead atoms. The van der Waals surface area contributed by atoms with Gasteiger partial charge in [0.2, 0.25) is 0 Å². The highest BCUT2D eigenvalue weighted by molar-refractivity contribution is 5.29. The number of aryl methyl sites for hydroxylation is 1. The van der Waals surface area contributed by atoms with E-state index < -0.39 is 0 Å². The first-order valence-corrected chi connectivity index (χ1v) is 7.20. The zero-order valence-electron chi connectivity index (χ0n) is 13.0. The van der Waals surface area contributed by atoms with E-state index in [2.05, 4.69) is 23.3 Å². The van der Waals surface area contributed by atoms with E-state index in [-0.39, 0.29) is 5.41 Å². The normalized spacial score (nSPS) is 11.2. The SMILES string of the molecule is CCCNCc1nc(C)ccc1OCCC(C)(C)C#N. The van der Waals surface area contributed by atoms with Crippen LogP contribution in [0.15, 0.2) is 12.1 Å². The van der Waals surface area contributed by atoms with Crippen LogP contribution in [-0.2, 0) is 6.54 Å². The van der Waals surface area contributed by atoms with E-state index in [0.717, 1.165) is 30.1 Å². The van der Waals surface area contributed by atoms with Crippen LogP contribution in [0.2, 0.25) is 0 Å². The molecule has 0 saturated carbocycles. The van der Waals surface area contributed by atoms with Gasteiger partial charge in [0.15, 0.2) is 0 Å². The second kappa shape index (κ2) is 7.86. The van der Waals surface area contributed by atoms with Crippen LogP contribution in [0, 0.1) is 23.7 Å². The van der Waals surface area contributed by atoms with Crippen molar-refractivity contribution < 1.29 is 4.74 Å². The second-order valence-corrected chi connectivity index (χ2v) is 5.67.